The van der Waals surface area contributed by atoms with Gasteiger partial charge in [-0.05, 0) is 43.2 Å². The third-order valence-electron chi connectivity index (χ3n) is 5.31. The van der Waals surface area contributed by atoms with Gasteiger partial charge in [0.25, 0.3) is 5.91 Å². The Hall–Kier alpha value is -3.95. The summed E-state index contributed by atoms with van der Waals surface area (Å²) in [7, 11) is 0. The SMILES string of the molecule is Cc1cccc(Oc2ncnc(N3CCN(C(=O)c4ccco4)CC3)c2[N+](=O)[O-])c1C. The van der Waals surface area contributed by atoms with E-state index in [4.69, 9.17) is 9.15 Å². The van der Waals surface area contributed by atoms with E-state index in [2.05, 4.69) is 9.97 Å². The summed E-state index contributed by atoms with van der Waals surface area (Å²) in [6.07, 6.45) is 2.70. The number of amides is 1. The molecule has 2 aromatic heterocycles. The van der Waals surface area contributed by atoms with Crippen LogP contribution in [0, 0.1) is 24.0 Å². The number of rotatable bonds is 5. The zero-order valence-electron chi connectivity index (χ0n) is 17.1. The van der Waals surface area contributed by atoms with Crippen LogP contribution in [0.2, 0.25) is 0 Å². The van der Waals surface area contributed by atoms with E-state index in [1.165, 1.54) is 12.6 Å². The van der Waals surface area contributed by atoms with Crippen molar-refractivity contribution in [1.82, 2.24) is 14.9 Å². The molecule has 1 aromatic carbocycles. The summed E-state index contributed by atoms with van der Waals surface area (Å²) < 4.78 is 11.0. The topological polar surface area (TPSA) is 115 Å². The number of hydrogen-bond donors (Lipinski definition) is 0. The molecule has 0 bridgehead atoms. The van der Waals surface area contributed by atoms with E-state index in [1.54, 1.807) is 28.0 Å². The van der Waals surface area contributed by atoms with Crippen LogP contribution in [0.3, 0.4) is 0 Å². The molecule has 1 fully saturated rings. The second-order valence-corrected chi connectivity index (χ2v) is 7.16. The number of hydrogen-bond acceptors (Lipinski definition) is 8. The molecular weight excluding hydrogens is 402 g/mol. The molecule has 0 aliphatic carbocycles. The number of furan rings is 1. The van der Waals surface area contributed by atoms with Gasteiger partial charge in [-0.15, -0.1) is 0 Å². The first kappa shape index (κ1) is 20.3. The third-order valence-corrected chi connectivity index (χ3v) is 5.31. The zero-order valence-corrected chi connectivity index (χ0v) is 17.1. The monoisotopic (exact) mass is 423 g/mol. The minimum Gasteiger partial charge on any atom is -0.459 e. The standard InChI is InChI=1S/C21H21N5O5/c1-14-5-3-6-16(15(14)2)31-20-18(26(28)29)19(22-13-23-20)24-8-10-25(11-9-24)21(27)17-7-4-12-30-17/h3-7,12-13H,8-11H2,1-2H3. The highest BCUT2D eigenvalue weighted by atomic mass is 16.6. The van der Waals surface area contributed by atoms with Crippen molar-refractivity contribution < 1.29 is 18.9 Å². The molecule has 0 unspecified atom stereocenters. The van der Waals surface area contributed by atoms with Crippen molar-refractivity contribution in [2.45, 2.75) is 13.8 Å². The number of anilines is 1. The summed E-state index contributed by atoms with van der Waals surface area (Å²) in [6.45, 7) is 5.35. The summed E-state index contributed by atoms with van der Waals surface area (Å²) in [6, 6.07) is 8.77. The normalized spacial score (nSPS) is 13.9. The number of nitrogens with zero attached hydrogens (tertiary/aromatic N) is 5. The van der Waals surface area contributed by atoms with Gasteiger partial charge in [0, 0.05) is 26.2 Å². The van der Waals surface area contributed by atoms with Crippen molar-refractivity contribution in [3.05, 3.63) is 69.9 Å². The maximum atomic E-state index is 12.5. The fourth-order valence-electron chi connectivity index (χ4n) is 3.44. The Labute approximate surface area is 178 Å². The number of aryl methyl sites for hydroxylation is 1. The molecule has 3 aromatic rings. The molecule has 0 atom stereocenters. The predicted molar refractivity (Wildman–Crippen MR) is 112 cm³/mol. The number of nitro groups is 1. The summed E-state index contributed by atoms with van der Waals surface area (Å²) in [5.41, 5.74) is 1.59. The lowest BCUT2D eigenvalue weighted by molar-refractivity contribution is -0.385. The molecule has 1 amide bonds. The van der Waals surface area contributed by atoms with E-state index in [0.717, 1.165) is 11.1 Å². The largest absolute Gasteiger partial charge is 0.459 e. The molecule has 10 heteroatoms. The summed E-state index contributed by atoms with van der Waals surface area (Å²) in [5.74, 6) is 0.622. The van der Waals surface area contributed by atoms with Crippen LogP contribution in [-0.2, 0) is 0 Å². The maximum Gasteiger partial charge on any atom is 0.373 e. The van der Waals surface area contributed by atoms with Gasteiger partial charge in [-0.25, -0.2) is 4.98 Å². The number of carbonyl (C=O) groups is 1. The second kappa shape index (κ2) is 8.42. The second-order valence-electron chi connectivity index (χ2n) is 7.16. The maximum absolute atomic E-state index is 12.5. The van der Waals surface area contributed by atoms with Crippen molar-refractivity contribution in [3.8, 4) is 11.6 Å². The van der Waals surface area contributed by atoms with Gasteiger partial charge < -0.3 is 19.0 Å². The lowest BCUT2D eigenvalue weighted by Gasteiger charge is -2.34. The highest BCUT2D eigenvalue weighted by Crippen LogP contribution is 2.37. The number of aromatic nitrogens is 2. The van der Waals surface area contributed by atoms with Crippen LogP contribution >= 0.6 is 0 Å². The molecule has 1 aliphatic rings. The van der Waals surface area contributed by atoms with Gasteiger partial charge in [0.15, 0.2) is 5.76 Å². The molecule has 1 saturated heterocycles. The van der Waals surface area contributed by atoms with Crippen LogP contribution < -0.4 is 9.64 Å². The van der Waals surface area contributed by atoms with Crippen LogP contribution in [-0.4, -0.2) is 51.9 Å². The van der Waals surface area contributed by atoms with Crippen LogP contribution in [0.5, 0.6) is 11.6 Å². The number of piperazine rings is 1. The summed E-state index contributed by atoms with van der Waals surface area (Å²) in [4.78, 5) is 35.4. The van der Waals surface area contributed by atoms with Crippen LogP contribution in [0.25, 0.3) is 0 Å². The molecule has 0 radical (unpaired) electrons. The van der Waals surface area contributed by atoms with E-state index in [1.807, 2.05) is 26.0 Å². The van der Waals surface area contributed by atoms with Gasteiger partial charge in [0.2, 0.25) is 5.82 Å². The van der Waals surface area contributed by atoms with Gasteiger partial charge in [-0.3, -0.25) is 14.9 Å². The van der Waals surface area contributed by atoms with Gasteiger partial charge >= 0.3 is 11.6 Å². The van der Waals surface area contributed by atoms with Gasteiger partial charge in [0.1, 0.15) is 12.1 Å². The quantitative estimate of drug-likeness (QED) is 0.453. The Morgan fingerprint density at radius 2 is 1.90 bits per heavy atom. The summed E-state index contributed by atoms with van der Waals surface area (Å²) >= 11 is 0. The minimum atomic E-state index is -0.532. The molecule has 0 N–H and O–H groups in total. The number of carbonyl (C=O) groups excluding carboxylic acids is 1. The Morgan fingerprint density at radius 1 is 1.13 bits per heavy atom. The van der Waals surface area contributed by atoms with Crippen molar-refractivity contribution in [2.75, 3.05) is 31.1 Å². The van der Waals surface area contributed by atoms with Crippen LogP contribution in [0.1, 0.15) is 21.7 Å². The molecule has 0 spiro atoms. The highest BCUT2D eigenvalue weighted by molar-refractivity contribution is 5.91. The first-order chi connectivity index (χ1) is 15.0. The van der Waals surface area contributed by atoms with Gasteiger partial charge in [-0.2, -0.15) is 4.98 Å². The predicted octanol–water partition coefficient (Wildman–Crippen LogP) is 3.35. The third kappa shape index (κ3) is 4.04. The van der Waals surface area contributed by atoms with Crippen molar-refractivity contribution in [1.29, 1.82) is 0 Å². The molecule has 10 nitrogen and oxygen atoms in total. The van der Waals surface area contributed by atoms with Crippen LogP contribution in [0.4, 0.5) is 11.5 Å². The molecular formula is C21H21N5O5. The molecule has 31 heavy (non-hydrogen) atoms. The van der Waals surface area contributed by atoms with E-state index in [-0.39, 0.29) is 29.1 Å². The lowest BCUT2D eigenvalue weighted by Crippen LogP contribution is -2.49. The number of benzene rings is 1. The van der Waals surface area contributed by atoms with Crippen molar-refractivity contribution >= 4 is 17.4 Å². The Morgan fingerprint density at radius 3 is 2.58 bits per heavy atom. The van der Waals surface area contributed by atoms with E-state index in [0.29, 0.717) is 31.9 Å². The van der Waals surface area contributed by atoms with Crippen LogP contribution in [0.15, 0.2) is 47.3 Å². The molecule has 3 heterocycles. The van der Waals surface area contributed by atoms with Crippen molar-refractivity contribution in [3.63, 3.8) is 0 Å². The lowest BCUT2D eigenvalue weighted by atomic mass is 10.1. The smallest absolute Gasteiger partial charge is 0.373 e. The van der Waals surface area contributed by atoms with E-state index in [9.17, 15) is 14.9 Å². The first-order valence-corrected chi connectivity index (χ1v) is 9.77. The Kier molecular flexibility index (Phi) is 5.52. The fourth-order valence-corrected chi connectivity index (χ4v) is 3.44. The average Bonchev–Trinajstić information content (AvgIpc) is 3.31. The van der Waals surface area contributed by atoms with Gasteiger partial charge in [-0.1, -0.05) is 12.1 Å². The van der Waals surface area contributed by atoms with E-state index < -0.39 is 4.92 Å². The Bertz CT molecular complexity index is 1110. The highest BCUT2D eigenvalue weighted by Gasteiger charge is 2.32. The minimum absolute atomic E-state index is 0.113. The molecule has 1 aliphatic heterocycles. The van der Waals surface area contributed by atoms with Crippen molar-refractivity contribution in [2.24, 2.45) is 0 Å². The number of ether oxygens (including phenoxy) is 1. The molecule has 0 saturated carbocycles. The van der Waals surface area contributed by atoms with E-state index >= 15 is 0 Å². The molecule has 4 rings (SSSR count). The summed E-state index contributed by atoms with van der Waals surface area (Å²) in [5, 5.41) is 11.9. The first-order valence-electron chi connectivity index (χ1n) is 9.77. The average molecular weight is 423 g/mol. The zero-order chi connectivity index (χ0) is 22.0. The fraction of sp³-hybridized carbons (Fsp3) is 0.286. The molecule has 160 valence electrons. The van der Waals surface area contributed by atoms with Gasteiger partial charge in [0.05, 0.1) is 11.2 Å². The Balaban J connectivity index is 1.56.